The van der Waals surface area contributed by atoms with Crippen molar-refractivity contribution >= 4 is 0 Å². The molecular formula is C37H46F4. The molecule has 0 radical (unpaired) electrons. The Bertz CT molecular complexity index is 1240. The van der Waals surface area contributed by atoms with Crippen molar-refractivity contribution in [1.82, 2.24) is 0 Å². The van der Waals surface area contributed by atoms with Gasteiger partial charge in [0.05, 0.1) is 0 Å². The van der Waals surface area contributed by atoms with Gasteiger partial charge in [-0.15, -0.1) is 0 Å². The van der Waals surface area contributed by atoms with Crippen molar-refractivity contribution in [3.8, 4) is 22.3 Å². The first kappa shape index (κ1) is 31.3. The van der Waals surface area contributed by atoms with E-state index in [4.69, 9.17) is 0 Å². The van der Waals surface area contributed by atoms with Crippen molar-refractivity contribution in [2.24, 2.45) is 5.92 Å². The smallest absolute Gasteiger partial charge is 0.166 e. The molecule has 222 valence electrons. The highest BCUT2D eigenvalue weighted by Gasteiger charge is 2.26. The maximum Gasteiger partial charge on any atom is 0.166 e. The van der Waals surface area contributed by atoms with Gasteiger partial charge in [-0.1, -0.05) is 120 Å². The lowest BCUT2D eigenvalue weighted by atomic mass is 9.77. The third-order valence-electron chi connectivity index (χ3n) is 9.06. The van der Waals surface area contributed by atoms with Gasteiger partial charge in [-0.2, -0.15) is 0 Å². The Labute approximate surface area is 244 Å². The van der Waals surface area contributed by atoms with Crippen molar-refractivity contribution in [2.75, 3.05) is 0 Å². The van der Waals surface area contributed by atoms with Crippen LogP contribution in [-0.4, -0.2) is 0 Å². The van der Waals surface area contributed by atoms with E-state index in [2.05, 4.69) is 13.8 Å². The van der Waals surface area contributed by atoms with E-state index in [1.165, 1.54) is 38.5 Å². The molecule has 3 aromatic rings. The van der Waals surface area contributed by atoms with E-state index in [-0.39, 0.29) is 17.0 Å². The molecule has 0 nitrogen and oxygen atoms in total. The molecule has 1 fully saturated rings. The third-order valence-corrected chi connectivity index (χ3v) is 9.06. The summed E-state index contributed by atoms with van der Waals surface area (Å²) in [5.41, 5.74) is 2.26. The van der Waals surface area contributed by atoms with Crippen molar-refractivity contribution in [1.29, 1.82) is 0 Å². The predicted molar refractivity (Wildman–Crippen MR) is 163 cm³/mol. The Balaban J connectivity index is 1.39. The molecule has 0 heterocycles. The number of hydrogen-bond donors (Lipinski definition) is 0. The lowest BCUT2D eigenvalue weighted by molar-refractivity contribution is 0.303. The van der Waals surface area contributed by atoms with Gasteiger partial charge in [0, 0.05) is 11.1 Å². The minimum Gasteiger partial charge on any atom is -0.203 e. The zero-order valence-electron chi connectivity index (χ0n) is 24.9. The fourth-order valence-corrected chi connectivity index (χ4v) is 6.56. The van der Waals surface area contributed by atoms with Crippen molar-refractivity contribution in [3.05, 3.63) is 82.9 Å². The standard InChI is InChI=1S/C37H46F4/c1-3-5-6-7-8-9-10-11-13-30-22-23-31(35(39)34(30)38)28-18-20-29(21-19-28)33-25-24-32(36(40)37(33)41)27-16-14-26(12-4-2)15-17-27/h18-27H,3-17H2,1-2H3. The molecule has 4 heteroatoms. The predicted octanol–water partition coefficient (Wildman–Crippen LogP) is 12.3. The number of halogens is 4. The monoisotopic (exact) mass is 566 g/mol. The second kappa shape index (κ2) is 15.6. The van der Waals surface area contributed by atoms with Crippen LogP contribution in [0.4, 0.5) is 17.6 Å². The summed E-state index contributed by atoms with van der Waals surface area (Å²) in [5, 5.41) is 0. The molecule has 0 saturated heterocycles. The number of aryl methyl sites for hydroxylation is 1. The Kier molecular flexibility index (Phi) is 11.9. The summed E-state index contributed by atoms with van der Waals surface area (Å²) >= 11 is 0. The summed E-state index contributed by atoms with van der Waals surface area (Å²) < 4.78 is 60.3. The van der Waals surface area contributed by atoms with Crippen molar-refractivity contribution in [3.63, 3.8) is 0 Å². The molecular weight excluding hydrogens is 520 g/mol. The zero-order chi connectivity index (χ0) is 29.2. The number of unbranched alkanes of at least 4 members (excludes halogenated alkanes) is 7. The summed E-state index contributed by atoms with van der Waals surface area (Å²) in [7, 11) is 0. The first-order chi connectivity index (χ1) is 19.9. The van der Waals surface area contributed by atoms with E-state index in [0.717, 1.165) is 51.4 Å². The average Bonchev–Trinajstić information content (AvgIpc) is 2.99. The largest absolute Gasteiger partial charge is 0.203 e. The Morgan fingerprint density at radius 3 is 1.66 bits per heavy atom. The number of benzene rings is 3. The van der Waals surface area contributed by atoms with Gasteiger partial charge in [-0.25, -0.2) is 17.6 Å². The zero-order valence-corrected chi connectivity index (χ0v) is 24.9. The molecule has 41 heavy (non-hydrogen) atoms. The van der Waals surface area contributed by atoms with Gasteiger partial charge in [0.15, 0.2) is 23.3 Å². The van der Waals surface area contributed by atoms with Crippen LogP contribution in [0.15, 0.2) is 48.5 Å². The second-order valence-corrected chi connectivity index (χ2v) is 12.0. The van der Waals surface area contributed by atoms with Crippen LogP contribution in [0.2, 0.25) is 0 Å². The normalized spacial score (nSPS) is 17.2. The molecule has 0 atom stereocenters. The van der Waals surface area contributed by atoms with Crippen LogP contribution in [-0.2, 0) is 6.42 Å². The van der Waals surface area contributed by atoms with Crippen LogP contribution in [0.1, 0.15) is 121 Å². The summed E-state index contributed by atoms with van der Waals surface area (Å²) in [4.78, 5) is 0. The van der Waals surface area contributed by atoms with Crippen LogP contribution in [0.3, 0.4) is 0 Å². The molecule has 0 spiro atoms. The van der Waals surface area contributed by atoms with Crippen LogP contribution >= 0.6 is 0 Å². The molecule has 0 unspecified atom stereocenters. The fraction of sp³-hybridized carbons (Fsp3) is 0.514. The Morgan fingerprint density at radius 1 is 0.537 bits per heavy atom. The first-order valence-corrected chi connectivity index (χ1v) is 16.0. The summed E-state index contributed by atoms with van der Waals surface area (Å²) in [6.07, 6.45) is 16.1. The number of hydrogen-bond acceptors (Lipinski definition) is 0. The van der Waals surface area contributed by atoms with Crippen LogP contribution < -0.4 is 0 Å². The Morgan fingerprint density at radius 2 is 1.07 bits per heavy atom. The maximum absolute atomic E-state index is 15.2. The summed E-state index contributed by atoms with van der Waals surface area (Å²) in [6.45, 7) is 4.39. The van der Waals surface area contributed by atoms with E-state index in [1.807, 2.05) is 0 Å². The molecule has 0 aliphatic heterocycles. The first-order valence-electron chi connectivity index (χ1n) is 16.0. The van der Waals surface area contributed by atoms with Crippen LogP contribution in [0, 0.1) is 29.2 Å². The molecule has 3 aromatic carbocycles. The topological polar surface area (TPSA) is 0 Å². The molecule has 1 saturated carbocycles. The third kappa shape index (κ3) is 8.02. The number of rotatable bonds is 14. The van der Waals surface area contributed by atoms with E-state index < -0.39 is 23.3 Å². The lowest BCUT2D eigenvalue weighted by Crippen LogP contribution is -2.14. The quantitative estimate of drug-likeness (QED) is 0.134. The second-order valence-electron chi connectivity index (χ2n) is 12.0. The molecule has 1 aliphatic carbocycles. The summed E-state index contributed by atoms with van der Waals surface area (Å²) in [6, 6.07) is 13.3. The molecule has 4 rings (SSSR count). The van der Waals surface area contributed by atoms with Gasteiger partial charge >= 0.3 is 0 Å². The average molecular weight is 567 g/mol. The highest BCUT2D eigenvalue weighted by Crippen LogP contribution is 2.40. The minimum atomic E-state index is -0.856. The minimum absolute atomic E-state index is 0.0606. The van der Waals surface area contributed by atoms with Gasteiger partial charge in [-0.3, -0.25) is 0 Å². The Hall–Kier alpha value is -2.62. The van der Waals surface area contributed by atoms with E-state index >= 15 is 13.2 Å². The fourth-order valence-electron chi connectivity index (χ4n) is 6.56. The van der Waals surface area contributed by atoms with Gasteiger partial charge in [0.2, 0.25) is 0 Å². The van der Waals surface area contributed by atoms with E-state index in [9.17, 15) is 4.39 Å². The van der Waals surface area contributed by atoms with E-state index in [0.29, 0.717) is 34.6 Å². The molecule has 1 aliphatic rings. The highest BCUT2D eigenvalue weighted by atomic mass is 19.2. The van der Waals surface area contributed by atoms with Gasteiger partial charge in [0.25, 0.3) is 0 Å². The van der Waals surface area contributed by atoms with Gasteiger partial charge < -0.3 is 0 Å². The van der Waals surface area contributed by atoms with Crippen molar-refractivity contribution in [2.45, 2.75) is 116 Å². The SMILES string of the molecule is CCCCCCCCCCc1ccc(-c2ccc(-c3ccc(C4CCC(CCC)CC4)c(F)c3F)cc2)c(F)c1F. The summed E-state index contributed by atoms with van der Waals surface area (Å²) in [5.74, 6) is -2.48. The molecule has 0 N–H and O–H groups in total. The van der Waals surface area contributed by atoms with Gasteiger partial charge in [-0.05, 0) is 72.6 Å². The van der Waals surface area contributed by atoms with Crippen molar-refractivity contribution < 1.29 is 17.6 Å². The van der Waals surface area contributed by atoms with Crippen LogP contribution in [0.5, 0.6) is 0 Å². The van der Waals surface area contributed by atoms with E-state index in [1.54, 1.807) is 48.5 Å². The highest BCUT2D eigenvalue weighted by molar-refractivity contribution is 5.71. The lowest BCUT2D eigenvalue weighted by Gasteiger charge is -2.29. The maximum atomic E-state index is 15.2. The van der Waals surface area contributed by atoms with Crippen LogP contribution in [0.25, 0.3) is 22.3 Å². The van der Waals surface area contributed by atoms with Gasteiger partial charge in [0.1, 0.15) is 0 Å². The molecule has 0 bridgehead atoms. The molecule has 0 amide bonds. The molecule has 0 aromatic heterocycles.